The van der Waals surface area contributed by atoms with E-state index < -0.39 is 0 Å². The predicted molar refractivity (Wildman–Crippen MR) is 98.6 cm³/mol. The summed E-state index contributed by atoms with van der Waals surface area (Å²) in [5.74, 6) is 2.04. The van der Waals surface area contributed by atoms with Gasteiger partial charge in [0.15, 0.2) is 0 Å². The molecule has 6 nitrogen and oxygen atoms in total. The highest BCUT2D eigenvalue weighted by Gasteiger charge is 2.49. The molecular formula is C20H30N4O2. The number of fused-ring (bicyclic) bond motifs is 1. The Balaban J connectivity index is 1.37. The molecule has 2 amide bonds. The van der Waals surface area contributed by atoms with Crippen LogP contribution < -0.4 is 0 Å². The second-order valence-electron chi connectivity index (χ2n) is 8.63. The standard InChI is InChI=1S/C20H30N4O2/c1-13(2)24-12-16(10-21-24)19(25)22-7-8-23(14(3)11-22)20(26)18-9-15-5-4-6-17(15)18/h10,12-15,17-18H,4-9,11H2,1-3H3/t14-,15?,17?,18?/m1/s1. The molecule has 142 valence electrons. The summed E-state index contributed by atoms with van der Waals surface area (Å²) in [6, 6.07) is 0.327. The molecule has 1 aromatic rings. The average molecular weight is 358 g/mol. The van der Waals surface area contributed by atoms with E-state index >= 15 is 0 Å². The van der Waals surface area contributed by atoms with E-state index in [0.29, 0.717) is 37.0 Å². The van der Waals surface area contributed by atoms with Crippen LogP contribution >= 0.6 is 0 Å². The van der Waals surface area contributed by atoms with Crippen molar-refractivity contribution in [2.75, 3.05) is 19.6 Å². The number of nitrogens with zero attached hydrogens (tertiary/aromatic N) is 4. The summed E-state index contributed by atoms with van der Waals surface area (Å²) in [6.45, 7) is 8.03. The molecule has 1 aromatic heterocycles. The molecule has 2 saturated carbocycles. The number of hydrogen-bond acceptors (Lipinski definition) is 3. The minimum atomic E-state index is 0.0235. The van der Waals surface area contributed by atoms with Crippen molar-refractivity contribution in [1.29, 1.82) is 0 Å². The van der Waals surface area contributed by atoms with Gasteiger partial charge in [0.2, 0.25) is 5.91 Å². The summed E-state index contributed by atoms with van der Waals surface area (Å²) in [5.41, 5.74) is 0.637. The zero-order chi connectivity index (χ0) is 18.4. The van der Waals surface area contributed by atoms with Crippen LogP contribution in [0.25, 0.3) is 0 Å². The number of piperazine rings is 1. The molecule has 1 aliphatic heterocycles. The van der Waals surface area contributed by atoms with Crippen molar-refractivity contribution in [3.8, 4) is 0 Å². The van der Waals surface area contributed by atoms with Gasteiger partial charge in [0.25, 0.3) is 5.91 Å². The molecular weight excluding hydrogens is 328 g/mol. The highest BCUT2D eigenvalue weighted by molar-refractivity contribution is 5.94. The van der Waals surface area contributed by atoms with Crippen LogP contribution in [-0.2, 0) is 4.79 Å². The highest BCUT2D eigenvalue weighted by atomic mass is 16.2. The van der Waals surface area contributed by atoms with Crippen LogP contribution in [-0.4, -0.2) is 57.1 Å². The van der Waals surface area contributed by atoms with Crippen molar-refractivity contribution in [3.63, 3.8) is 0 Å². The van der Waals surface area contributed by atoms with Gasteiger partial charge < -0.3 is 9.80 Å². The number of carbonyl (C=O) groups excluding carboxylic acids is 2. The van der Waals surface area contributed by atoms with Crippen LogP contribution in [0, 0.1) is 17.8 Å². The first-order valence-electron chi connectivity index (χ1n) is 10.1. The van der Waals surface area contributed by atoms with Gasteiger partial charge in [-0.25, -0.2) is 0 Å². The van der Waals surface area contributed by atoms with Gasteiger partial charge in [-0.1, -0.05) is 12.8 Å². The average Bonchev–Trinajstić information content (AvgIpc) is 3.22. The van der Waals surface area contributed by atoms with E-state index in [2.05, 4.69) is 12.0 Å². The summed E-state index contributed by atoms with van der Waals surface area (Å²) in [7, 11) is 0. The van der Waals surface area contributed by atoms with Crippen molar-refractivity contribution in [2.24, 2.45) is 17.8 Å². The third-order valence-corrected chi connectivity index (χ3v) is 6.68. The molecule has 1 saturated heterocycles. The topological polar surface area (TPSA) is 58.4 Å². The van der Waals surface area contributed by atoms with E-state index in [4.69, 9.17) is 0 Å². The first kappa shape index (κ1) is 17.6. The molecule has 3 aliphatic rings. The van der Waals surface area contributed by atoms with Gasteiger partial charge >= 0.3 is 0 Å². The van der Waals surface area contributed by atoms with Crippen molar-refractivity contribution in [3.05, 3.63) is 18.0 Å². The van der Waals surface area contributed by atoms with Gasteiger partial charge in [0.05, 0.1) is 11.8 Å². The Kier molecular flexibility index (Phi) is 4.53. The summed E-state index contributed by atoms with van der Waals surface area (Å²) in [6.07, 6.45) is 8.40. The summed E-state index contributed by atoms with van der Waals surface area (Å²) < 4.78 is 1.81. The molecule has 0 bridgehead atoms. The zero-order valence-corrected chi connectivity index (χ0v) is 16.1. The van der Waals surface area contributed by atoms with Gasteiger partial charge in [-0.05, 0) is 45.4 Å². The molecule has 0 spiro atoms. The number of amides is 2. The third-order valence-electron chi connectivity index (χ3n) is 6.68. The molecule has 0 radical (unpaired) electrons. The largest absolute Gasteiger partial charge is 0.336 e. The van der Waals surface area contributed by atoms with Crippen LogP contribution in [0.5, 0.6) is 0 Å². The molecule has 6 heteroatoms. The zero-order valence-electron chi connectivity index (χ0n) is 16.1. The quantitative estimate of drug-likeness (QED) is 0.834. The fourth-order valence-electron chi connectivity index (χ4n) is 5.07. The van der Waals surface area contributed by atoms with Crippen LogP contribution in [0.4, 0.5) is 0 Å². The Morgan fingerprint density at radius 2 is 2.04 bits per heavy atom. The van der Waals surface area contributed by atoms with Gasteiger partial charge in [-0.3, -0.25) is 14.3 Å². The minimum Gasteiger partial charge on any atom is -0.336 e. The first-order chi connectivity index (χ1) is 12.5. The normalized spacial score (nSPS) is 31.1. The molecule has 26 heavy (non-hydrogen) atoms. The third kappa shape index (κ3) is 2.93. The van der Waals surface area contributed by atoms with E-state index in [-0.39, 0.29) is 23.9 Å². The predicted octanol–water partition coefficient (Wildman–Crippen LogP) is 2.57. The van der Waals surface area contributed by atoms with Crippen LogP contribution in [0.3, 0.4) is 0 Å². The van der Waals surface area contributed by atoms with Crippen LogP contribution in [0.1, 0.15) is 62.9 Å². The minimum absolute atomic E-state index is 0.0235. The number of aromatic nitrogens is 2. The SMILES string of the molecule is CC(C)n1cc(C(=O)N2CCN(C(=O)C3CC4CCCC43)[C@H](C)C2)cn1. The van der Waals surface area contributed by atoms with E-state index in [1.165, 1.54) is 19.3 Å². The lowest BCUT2D eigenvalue weighted by Crippen LogP contribution is -2.58. The second kappa shape index (κ2) is 6.71. The molecule has 3 fully saturated rings. The van der Waals surface area contributed by atoms with E-state index in [0.717, 1.165) is 12.3 Å². The molecule has 4 atom stereocenters. The molecule has 0 N–H and O–H groups in total. The summed E-state index contributed by atoms with van der Waals surface area (Å²) in [4.78, 5) is 29.6. The number of carbonyl (C=O) groups is 2. The number of hydrogen-bond donors (Lipinski definition) is 0. The van der Waals surface area contributed by atoms with Crippen molar-refractivity contribution in [2.45, 2.75) is 58.5 Å². The van der Waals surface area contributed by atoms with Crippen LogP contribution in [0.2, 0.25) is 0 Å². The lowest BCUT2D eigenvalue weighted by molar-refractivity contribution is -0.147. The molecule has 3 unspecified atom stereocenters. The molecule has 2 heterocycles. The lowest BCUT2D eigenvalue weighted by atomic mass is 9.66. The fourth-order valence-corrected chi connectivity index (χ4v) is 5.07. The Morgan fingerprint density at radius 1 is 1.23 bits per heavy atom. The summed E-state index contributed by atoms with van der Waals surface area (Å²) >= 11 is 0. The smallest absolute Gasteiger partial charge is 0.257 e. The maximum Gasteiger partial charge on any atom is 0.257 e. The second-order valence-corrected chi connectivity index (χ2v) is 8.63. The first-order valence-corrected chi connectivity index (χ1v) is 10.1. The maximum absolute atomic E-state index is 13.0. The Morgan fingerprint density at radius 3 is 2.69 bits per heavy atom. The van der Waals surface area contributed by atoms with Gasteiger partial charge in [-0.2, -0.15) is 5.10 Å². The molecule has 0 aromatic carbocycles. The fraction of sp³-hybridized carbons (Fsp3) is 0.750. The molecule has 2 aliphatic carbocycles. The number of rotatable bonds is 3. The molecule has 4 rings (SSSR count). The monoisotopic (exact) mass is 358 g/mol. The maximum atomic E-state index is 13.0. The van der Waals surface area contributed by atoms with Gasteiger partial charge in [-0.15, -0.1) is 0 Å². The van der Waals surface area contributed by atoms with Crippen LogP contribution in [0.15, 0.2) is 12.4 Å². The van der Waals surface area contributed by atoms with Crippen molar-refractivity contribution < 1.29 is 9.59 Å². The Hall–Kier alpha value is -1.85. The summed E-state index contributed by atoms with van der Waals surface area (Å²) in [5, 5.41) is 4.27. The Bertz CT molecular complexity index is 698. The van der Waals surface area contributed by atoms with E-state index in [1.54, 1.807) is 6.20 Å². The van der Waals surface area contributed by atoms with E-state index in [9.17, 15) is 9.59 Å². The van der Waals surface area contributed by atoms with Crippen molar-refractivity contribution >= 4 is 11.8 Å². The van der Waals surface area contributed by atoms with Crippen molar-refractivity contribution in [1.82, 2.24) is 19.6 Å². The lowest BCUT2D eigenvalue weighted by Gasteiger charge is -2.46. The van der Waals surface area contributed by atoms with E-state index in [1.807, 2.05) is 34.5 Å². The highest BCUT2D eigenvalue weighted by Crippen LogP contribution is 2.51. The van der Waals surface area contributed by atoms with Gasteiger partial charge in [0, 0.05) is 43.8 Å². The Labute approximate surface area is 155 Å². The van der Waals surface area contributed by atoms with Gasteiger partial charge in [0.1, 0.15) is 0 Å².